The van der Waals surface area contributed by atoms with E-state index >= 15 is 0 Å². The van der Waals surface area contributed by atoms with Gasteiger partial charge in [0.2, 0.25) is 0 Å². The van der Waals surface area contributed by atoms with E-state index in [9.17, 15) is 19.8 Å². The van der Waals surface area contributed by atoms with Gasteiger partial charge in [-0.2, -0.15) is 0 Å². The first-order valence-corrected chi connectivity index (χ1v) is 11.4. The smallest absolute Gasteiger partial charge is 0.331 e. The summed E-state index contributed by atoms with van der Waals surface area (Å²) in [5.74, 6) is -2.03. The van der Waals surface area contributed by atoms with Crippen LogP contribution in [-0.4, -0.2) is 78.4 Å². The fraction of sp³-hybridized carbons (Fsp3) is 0.480. The highest BCUT2D eigenvalue weighted by atomic mass is 16.6. The van der Waals surface area contributed by atoms with Crippen molar-refractivity contribution in [3.63, 3.8) is 0 Å². The van der Waals surface area contributed by atoms with Crippen molar-refractivity contribution < 1.29 is 38.7 Å². The minimum absolute atomic E-state index is 0.0683. The molecule has 10 nitrogen and oxygen atoms in total. The molecule has 0 spiro atoms. The minimum atomic E-state index is -1.13. The summed E-state index contributed by atoms with van der Waals surface area (Å²) in [5.41, 5.74) is 0.777. The Kier molecular flexibility index (Phi) is 9.41. The van der Waals surface area contributed by atoms with E-state index < -0.39 is 42.0 Å². The second-order valence-electron chi connectivity index (χ2n) is 8.51. The summed E-state index contributed by atoms with van der Waals surface area (Å²) >= 11 is 0. The lowest BCUT2D eigenvalue weighted by Crippen LogP contribution is -2.46. The highest BCUT2D eigenvalue weighted by molar-refractivity contribution is 5.98. The van der Waals surface area contributed by atoms with Crippen LogP contribution < -0.4 is 10.1 Å². The largest absolute Gasteiger partial charge is 0.503 e. The van der Waals surface area contributed by atoms with Crippen LogP contribution in [0.1, 0.15) is 29.9 Å². The summed E-state index contributed by atoms with van der Waals surface area (Å²) < 4.78 is 22.5. The fourth-order valence-electron chi connectivity index (χ4n) is 3.92. The van der Waals surface area contributed by atoms with E-state index in [0.717, 1.165) is 5.56 Å². The van der Waals surface area contributed by atoms with E-state index in [0.29, 0.717) is 6.42 Å². The summed E-state index contributed by atoms with van der Waals surface area (Å²) in [6, 6.07) is 10.1. The van der Waals surface area contributed by atoms with Gasteiger partial charge in [-0.25, -0.2) is 9.78 Å². The number of cyclic esters (lactones) is 1. The number of hydrogen-bond donors (Lipinski definition) is 3. The van der Waals surface area contributed by atoms with Crippen LogP contribution in [0.3, 0.4) is 0 Å². The first-order valence-electron chi connectivity index (χ1n) is 11.4. The lowest BCUT2D eigenvalue weighted by atomic mass is 9.91. The van der Waals surface area contributed by atoms with Crippen LogP contribution in [0.15, 0.2) is 42.6 Å². The van der Waals surface area contributed by atoms with Crippen molar-refractivity contribution in [3.8, 4) is 11.5 Å². The van der Waals surface area contributed by atoms with Crippen LogP contribution in [0.4, 0.5) is 0 Å². The zero-order valence-corrected chi connectivity index (χ0v) is 20.0. The number of pyridine rings is 1. The van der Waals surface area contributed by atoms with Gasteiger partial charge in [0.05, 0.1) is 39.1 Å². The Hall–Kier alpha value is -3.21. The number of methoxy groups -OCH3 is 1. The quantitative estimate of drug-likeness (QED) is 0.472. The maximum Gasteiger partial charge on any atom is 0.331 e. The van der Waals surface area contributed by atoms with Gasteiger partial charge in [0.1, 0.15) is 6.10 Å². The summed E-state index contributed by atoms with van der Waals surface area (Å²) in [7, 11) is 1.35. The van der Waals surface area contributed by atoms with Gasteiger partial charge in [-0.1, -0.05) is 30.3 Å². The number of hydrogen-bond acceptors (Lipinski definition) is 9. The van der Waals surface area contributed by atoms with E-state index in [-0.39, 0.29) is 37.2 Å². The van der Waals surface area contributed by atoms with E-state index in [1.165, 1.54) is 19.4 Å². The second kappa shape index (κ2) is 12.5. The molecule has 1 saturated heterocycles. The molecule has 1 aromatic heterocycles. The van der Waals surface area contributed by atoms with Crippen molar-refractivity contribution in [3.05, 3.63) is 53.9 Å². The number of aromatic nitrogens is 1. The van der Waals surface area contributed by atoms with Gasteiger partial charge in [0.15, 0.2) is 23.2 Å². The lowest BCUT2D eigenvalue weighted by Gasteiger charge is -2.31. The summed E-state index contributed by atoms with van der Waals surface area (Å²) in [6.07, 6.45) is -0.0110. The molecule has 0 aliphatic carbocycles. The molecular formula is C25H32N2O8. The normalized spacial score (nSPS) is 23.8. The van der Waals surface area contributed by atoms with E-state index in [2.05, 4.69) is 10.3 Å². The molecule has 190 valence electrons. The SMILES string of the molecule is COc1ccnc(C(=O)NC2COCC(Cc3ccccc3)C(OCC(C)O)C(C)OC2=O)c1O. The number of nitrogens with zero attached hydrogens (tertiary/aromatic N) is 1. The second-order valence-corrected chi connectivity index (χ2v) is 8.51. The molecule has 0 saturated carbocycles. The monoisotopic (exact) mass is 488 g/mol. The highest BCUT2D eigenvalue weighted by Gasteiger charge is 2.36. The molecule has 1 amide bonds. The molecule has 10 heteroatoms. The predicted molar refractivity (Wildman–Crippen MR) is 125 cm³/mol. The molecule has 1 aromatic carbocycles. The Bertz CT molecular complexity index is 985. The van der Waals surface area contributed by atoms with Gasteiger partial charge in [0.25, 0.3) is 5.91 Å². The zero-order chi connectivity index (χ0) is 25.4. The number of carbonyl (C=O) groups excluding carboxylic acids is 2. The van der Waals surface area contributed by atoms with E-state index in [4.69, 9.17) is 18.9 Å². The third kappa shape index (κ3) is 7.14. The number of ether oxygens (including phenoxy) is 4. The van der Waals surface area contributed by atoms with Gasteiger partial charge in [-0.05, 0) is 25.8 Å². The third-order valence-corrected chi connectivity index (χ3v) is 5.63. The van der Waals surface area contributed by atoms with Crippen LogP contribution in [0, 0.1) is 5.92 Å². The van der Waals surface area contributed by atoms with Crippen molar-refractivity contribution in [1.82, 2.24) is 10.3 Å². The number of amides is 1. The average molecular weight is 489 g/mol. The highest BCUT2D eigenvalue weighted by Crippen LogP contribution is 2.28. The Labute approximate surface area is 204 Å². The van der Waals surface area contributed by atoms with Crippen LogP contribution >= 0.6 is 0 Å². The Morgan fingerprint density at radius 3 is 2.69 bits per heavy atom. The van der Waals surface area contributed by atoms with Gasteiger partial charge < -0.3 is 34.5 Å². The van der Waals surface area contributed by atoms with Crippen molar-refractivity contribution in [2.24, 2.45) is 5.92 Å². The summed E-state index contributed by atoms with van der Waals surface area (Å²) in [5, 5.41) is 22.5. The maximum absolute atomic E-state index is 12.9. The maximum atomic E-state index is 12.9. The molecule has 5 atom stereocenters. The third-order valence-electron chi connectivity index (χ3n) is 5.63. The molecular weight excluding hydrogens is 456 g/mol. The number of rotatable bonds is 8. The van der Waals surface area contributed by atoms with Crippen molar-refractivity contribution in [1.29, 1.82) is 0 Å². The summed E-state index contributed by atoms with van der Waals surface area (Å²) in [6.45, 7) is 3.48. The number of nitrogens with one attached hydrogen (secondary N) is 1. The Morgan fingerprint density at radius 1 is 1.26 bits per heavy atom. The average Bonchev–Trinajstić information content (AvgIpc) is 2.87. The number of carbonyl (C=O) groups is 2. The molecule has 2 heterocycles. The molecule has 0 bridgehead atoms. The molecule has 3 N–H and O–H groups in total. The number of aromatic hydroxyl groups is 1. The number of aliphatic hydroxyl groups is 1. The molecule has 2 aromatic rings. The van der Waals surface area contributed by atoms with Gasteiger partial charge in [-0.3, -0.25) is 4.79 Å². The first kappa shape index (κ1) is 26.4. The van der Waals surface area contributed by atoms with Crippen LogP contribution in [-0.2, 0) is 25.4 Å². The van der Waals surface area contributed by atoms with Crippen molar-refractivity contribution in [2.45, 2.75) is 44.6 Å². The van der Waals surface area contributed by atoms with Crippen LogP contribution in [0.5, 0.6) is 11.5 Å². The van der Waals surface area contributed by atoms with Crippen molar-refractivity contribution >= 4 is 11.9 Å². The predicted octanol–water partition coefficient (Wildman–Crippen LogP) is 1.48. The Morgan fingerprint density at radius 2 is 2.00 bits per heavy atom. The molecule has 1 fully saturated rings. The number of esters is 1. The number of aliphatic hydroxyl groups excluding tert-OH is 1. The topological polar surface area (TPSA) is 136 Å². The van der Waals surface area contributed by atoms with Crippen molar-refractivity contribution in [2.75, 3.05) is 26.9 Å². The fourth-order valence-corrected chi connectivity index (χ4v) is 3.92. The minimum Gasteiger partial charge on any atom is -0.503 e. The molecule has 1 aliphatic rings. The molecule has 5 unspecified atom stereocenters. The van der Waals surface area contributed by atoms with Gasteiger partial charge in [0, 0.05) is 18.2 Å². The standard InChI is InChI=1S/C25H32N2O8/c1-15(28)12-34-23-16(2)35-25(31)19(14-33-13-18(23)11-17-7-5-4-6-8-17)27-24(30)21-22(29)20(32-3)9-10-26-21/h4-10,15-16,18-19,23,28-29H,11-14H2,1-3H3,(H,27,30). The van der Waals surface area contributed by atoms with Crippen LogP contribution in [0.2, 0.25) is 0 Å². The van der Waals surface area contributed by atoms with Gasteiger partial charge >= 0.3 is 5.97 Å². The molecule has 0 radical (unpaired) electrons. The molecule has 1 aliphatic heterocycles. The van der Waals surface area contributed by atoms with E-state index in [1.807, 2.05) is 30.3 Å². The summed E-state index contributed by atoms with van der Waals surface area (Å²) in [4.78, 5) is 29.6. The van der Waals surface area contributed by atoms with E-state index in [1.54, 1.807) is 13.8 Å². The molecule has 35 heavy (non-hydrogen) atoms. The number of benzene rings is 1. The molecule has 3 rings (SSSR count). The lowest BCUT2D eigenvalue weighted by molar-refractivity contribution is -0.161. The van der Waals surface area contributed by atoms with Crippen LogP contribution in [0.25, 0.3) is 0 Å². The Balaban J connectivity index is 1.77. The zero-order valence-electron chi connectivity index (χ0n) is 20.0. The van der Waals surface area contributed by atoms with Gasteiger partial charge in [-0.15, -0.1) is 0 Å². The first-order chi connectivity index (χ1) is 16.8.